The molecular weight excluding hydrogens is 298 g/mol. The van der Waals surface area contributed by atoms with Crippen molar-refractivity contribution in [3.05, 3.63) is 28.2 Å². The van der Waals surface area contributed by atoms with E-state index in [0.717, 1.165) is 10.0 Å². The summed E-state index contributed by atoms with van der Waals surface area (Å²) in [7, 11) is 0. The van der Waals surface area contributed by atoms with Crippen molar-refractivity contribution >= 4 is 39.1 Å². The van der Waals surface area contributed by atoms with Gasteiger partial charge in [-0.3, -0.25) is 9.59 Å². The Bertz CT molecular complexity index is 540. The van der Waals surface area contributed by atoms with E-state index in [1.807, 2.05) is 25.1 Å². The average Bonchev–Trinajstić information content (AvgIpc) is 2.34. The Morgan fingerprint density at radius 1 is 1.44 bits per heavy atom. The second-order valence-corrected chi connectivity index (χ2v) is 4.87. The first kappa shape index (κ1) is 12.8. The molecule has 0 bridgehead atoms. The van der Waals surface area contributed by atoms with E-state index in [4.69, 9.17) is 0 Å². The fourth-order valence-corrected chi connectivity index (χ4v) is 1.89. The molecule has 0 radical (unpaired) electrons. The molecule has 0 spiro atoms. The molecule has 5 nitrogen and oxygen atoms in total. The number of halogens is 1. The van der Waals surface area contributed by atoms with Crippen LogP contribution in [-0.2, 0) is 9.59 Å². The first-order valence-electron chi connectivity index (χ1n) is 5.49. The van der Waals surface area contributed by atoms with E-state index < -0.39 is 0 Å². The van der Waals surface area contributed by atoms with Gasteiger partial charge in [0.15, 0.2) is 0 Å². The Balaban J connectivity index is 2.07. The Hall–Kier alpha value is -1.69. The molecule has 94 valence electrons. The number of anilines is 1. The van der Waals surface area contributed by atoms with Crippen molar-refractivity contribution in [3.8, 4) is 0 Å². The molecule has 0 fully saturated rings. The third-order valence-corrected chi connectivity index (χ3v) is 3.45. The number of aryl methyl sites for hydroxylation is 1. The normalized spacial score (nSPS) is 14.8. The molecule has 0 aliphatic carbocycles. The quantitative estimate of drug-likeness (QED) is 0.876. The van der Waals surface area contributed by atoms with Gasteiger partial charge in [-0.2, -0.15) is 5.10 Å². The lowest BCUT2D eigenvalue weighted by Crippen LogP contribution is -2.32. The van der Waals surface area contributed by atoms with Crippen LogP contribution in [0.3, 0.4) is 0 Å². The maximum Gasteiger partial charge on any atom is 0.271 e. The Kier molecular flexibility index (Phi) is 3.76. The van der Waals surface area contributed by atoms with E-state index in [1.54, 1.807) is 0 Å². The summed E-state index contributed by atoms with van der Waals surface area (Å²) in [5, 5.41) is 6.48. The number of benzene rings is 1. The van der Waals surface area contributed by atoms with Crippen LogP contribution >= 0.6 is 15.9 Å². The van der Waals surface area contributed by atoms with Crippen LogP contribution in [-0.4, -0.2) is 17.5 Å². The second-order valence-electron chi connectivity index (χ2n) is 4.01. The molecule has 1 aliphatic rings. The zero-order chi connectivity index (χ0) is 13.1. The first-order valence-corrected chi connectivity index (χ1v) is 6.28. The van der Waals surface area contributed by atoms with Gasteiger partial charge in [-0.25, -0.2) is 5.43 Å². The maximum atomic E-state index is 11.9. The van der Waals surface area contributed by atoms with Crippen LogP contribution in [0.2, 0.25) is 0 Å². The largest absolute Gasteiger partial charge is 0.321 e. The molecule has 18 heavy (non-hydrogen) atoms. The highest BCUT2D eigenvalue weighted by atomic mass is 79.9. The van der Waals surface area contributed by atoms with E-state index in [1.165, 1.54) is 0 Å². The maximum absolute atomic E-state index is 11.9. The number of amides is 2. The zero-order valence-corrected chi connectivity index (χ0v) is 11.4. The Labute approximate surface area is 113 Å². The number of nitrogens with one attached hydrogen (secondary N) is 2. The van der Waals surface area contributed by atoms with E-state index >= 15 is 0 Å². The minimum atomic E-state index is -0.286. The van der Waals surface area contributed by atoms with Gasteiger partial charge in [-0.1, -0.05) is 22.0 Å². The SMILES string of the molecule is Cc1ccc(NC(=O)C2=NNC(=O)CC2)cc1Br. The van der Waals surface area contributed by atoms with Gasteiger partial charge in [0.1, 0.15) is 5.71 Å². The lowest BCUT2D eigenvalue weighted by molar-refractivity contribution is -0.121. The molecular formula is C12H12BrN3O2. The van der Waals surface area contributed by atoms with Gasteiger partial charge in [-0.05, 0) is 24.6 Å². The molecule has 1 aliphatic heterocycles. The molecule has 0 saturated heterocycles. The summed E-state index contributed by atoms with van der Waals surface area (Å²) >= 11 is 3.40. The second kappa shape index (κ2) is 5.30. The summed E-state index contributed by atoms with van der Waals surface area (Å²) in [4.78, 5) is 22.8. The Morgan fingerprint density at radius 2 is 2.22 bits per heavy atom. The number of hydrazone groups is 1. The average molecular weight is 310 g/mol. The minimum absolute atomic E-state index is 0.162. The standard InChI is InChI=1S/C12H12BrN3O2/c1-7-2-3-8(6-9(7)13)14-12(18)10-4-5-11(17)16-15-10/h2-3,6H,4-5H2,1H3,(H,14,18)(H,16,17). The van der Waals surface area contributed by atoms with Gasteiger partial charge in [0, 0.05) is 23.0 Å². The molecule has 0 unspecified atom stereocenters. The number of nitrogens with zero attached hydrogens (tertiary/aromatic N) is 1. The molecule has 0 atom stereocenters. The van der Waals surface area contributed by atoms with E-state index in [-0.39, 0.29) is 11.8 Å². The van der Waals surface area contributed by atoms with Gasteiger partial charge < -0.3 is 5.32 Å². The van der Waals surface area contributed by atoms with Crippen LogP contribution in [0.5, 0.6) is 0 Å². The first-order chi connectivity index (χ1) is 8.56. The Morgan fingerprint density at radius 3 is 2.83 bits per heavy atom. The van der Waals surface area contributed by atoms with Gasteiger partial charge in [0.05, 0.1) is 0 Å². The lowest BCUT2D eigenvalue weighted by atomic mass is 10.1. The highest BCUT2D eigenvalue weighted by Gasteiger charge is 2.18. The number of hydrogen-bond donors (Lipinski definition) is 2. The van der Waals surface area contributed by atoms with Crippen LogP contribution in [0.25, 0.3) is 0 Å². The van der Waals surface area contributed by atoms with Gasteiger partial charge in [0.25, 0.3) is 5.91 Å². The fourth-order valence-electron chi connectivity index (χ4n) is 1.51. The predicted octanol–water partition coefficient (Wildman–Crippen LogP) is 1.96. The van der Waals surface area contributed by atoms with Crippen molar-refractivity contribution in [1.82, 2.24) is 5.43 Å². The molecule has 0 saturated carbocycles. The van der Waals surface area contributed by atoms with Crippen molar-refractivity contribution in [3.63, 3.8) is 0 Å². The molecule has 1 aromatic carbocycles. The minimum Gasteiger partial charge on any atom is -0.321 e. The third kappa shape index (κ3) is 2.95. The van der Waals surface area contributed by atoms with Crippen LogP contribution in [0.15, 0.2) is 27.8 Å². The summed E-state index contributed by atoms with van der Waals surface area (Å²) in [5.41, 5.74) is 4.42. The van der Waals surface area contributed by atoms with Crippen LogP contribution in [0, 0.1) is 6.92 Å². The van der Waals surface area contributed by atoms with Crippen molar-refractivity contribution < 1.29 is 9.59 Å². The van der Waals surface area contributed by atoms with Crippen molar-refractivity contribution in [1.29, 1.82) is 0 Å². The fraction of sp³-hybridized carbons (Fsp3) is 0.250. The summed E-state index contributed by atoms with van der Waals surface area (Å²) in [6.45, 7) is 1.97. The lowest BCUT2D eigenvalue weighted by Gasteiger charge is -2.12. The highest BCUT2D eigenvalue weighted by molar-refractivity contribution is 9.10. The number of rotatable bonds is 2. The summed E-state index contributed by atoms with van der Waals surface area (Å²) in [6.07, 6.45) is 0.661. The van der Waals surface area contributed by atoms with Crippen molar-refractivity contribution in [2.75, 3.05) is 5.32 Å². The number of carbonyl (C=O) groups excluding carboxylic acids is 2. The van der Waals surface area contributed by atoms with Crippen molar-refractivity contribution in [2.24, 2.45) is 5.10 Å². The molecule has 2 rings (SSSR count). The van der Waals surface area contributed by atoms with Crippen LogP contribution < -0.4 is 10.7 Å². The van der Waals surface area contributed by atoms with E-state index in [9.17, 15) is 9.59 Å². The molecule has 1 heterocycles. The molecule has 0 aromatic heterocycles. The van der Waals surface area contributed by atoms with E-state index in [2.05, 4.69) is 31.8 Å². The van der Waals surface area contributed by atoms with Gasteiger partial charge in [-0.15, -0.1) is 0 Å². The third-order valence-electron chi connectivity index (χ3n) is 2.60. The summed E-state index contributed by atoms with van der Waals surface area (Å²) in [6, 6.07) is 5.55. The summed E-state index contributed by atoms with van der Waals surface area (Å²) in [5.74, 6) is -0.449. The molecule has 6 heteroatoms. The molecule has 2 N–H and O–H groups in total. The highest BCUT2D eigenvalue weighted by Crippen LogP contribution is 2.20. The van der Waals surface area contributed by atoms with Gasteiger partial charge in [0.2, 0.25) is 5.91 Å². The molecule has 2 amide bonds. The summed E-state index contributed by atoms with van der Waals surface area (Å²) < 4.78 is 0.930. The number of carbonyl (C=O) groups is 2. The van der Waals surface area contributed by atoms with Gasteiger partial charge >= 0.3 is 0 Å². The smallest absolute Gasteiger partial charge is 0.271 e. The zero-order valence-electron chi connectivity index (χ0n) is 9.79. The molecule has 1 aromatic rings. The van der Waals surface area contributed by atoms with Crippen LogP contribution in [0.4, 0.5) is 5.69 Å². The van der Waals surface area contributed by atoms with Crippen LogP contribution in [0.1, 0.15) is 18.4 Å². The van der Waals surface area contributed by atoms with E-state index in [0.29, 0.717) is 24.2 Å². The number of hydrogen-bond acceptors (Lipinski definition) is 3. The van der Waals surface area contributed by atoms with Crippen molar-refractivity contribution in [2.45, 2.75) is 19.8 Å². The predicted molar refractivity (Wildman–Crippen MR) is 72.3 cm³/mol. The monoisotopic (exact) mass is 309 g/mol. The topological polar surface area (TPSA) is 70.6 Å².